The highest BCUT2D eigenvalue weighted by Crippen LogP contribution is 2.17. The molecule has 1 aliphatic rings. The summed E-state index contributed by atoms with van der Waals surface area (Å²) in [5.41, 5.74) is 0.540. The fourth-order valence-electron chi connectivity index (χ4n) is 2.12. The van der Waals surface area contributed by atoms with Gasteiger partial charge in [0.05, 0.1) is 0 Å². The summed E-state index contributed by atoms with van der Waals surface area (Å²) in [6.45, 7) is 0.616. The number of benzene rings is 1. The minimum absolute atomic E-state index is 0.214. The van der Waals surface area contributed by atoms with Crippen LogP contribution in [0.2, 0.25) is 0 Å². The van der Waals surface area contributed by atoms with E-state index < -0.39 is 6.04 Å². The Morgan fingerprint density at radius 1 is 1.33 bits per heavy atom. The summed E-state index contributed by atoms with van der Waals surface area (Å²) < 4.78 is 12.7. The molecule has 0 spiro atoms. The molecule has 1 atom stereocenters. The van der Waals surface area contributed by atoms with Crippen molar-refractivity contribution in [3.05, 3.63) is 30.1 Å². The van der Waals surface area contributed by atoms with Gasteiger partial charge in [-0.05, 0) is 43.5 Å². The molecule has 1 saturated heterocycles. The monoisotopic (exact) mass is 250 g/mol. The SMILES string of the molecule is O=CN1CCCC[C@H]1C(=O)Nc1ccc(F)cc1. The third-order valence-electron chi connectivity index (χ3n) is 3.09. The smallest absolute Gasteiger partial charge is 0.247 e. The first-order valence-electron chi connectivity index (χ1n) is 5.98. The lowest BCUT2D eigenvalue weighted by Crippen LogP contribution is -2.46. The van der Waals surface area contributed by atoms with Crippen molar-refractivity contribution in [3.8, 4) is 0 Å². The molecule has 1 N–H and O–H groups in total. The number of rotatable bonds is 3. The number of nitrogens with zero attached hydrogens (tertiary/aromatic N) is 1. The fourth-order valence-corrected chi connectivity index (χ4v) is 2.12. The zero-order valence-electron chi connectivity index (χ0n) is 9.93. The van der Waals surface area contributed by atoms with Gasteiger partial charge in [0.15, 0.2) is 0 Å². The standard InChI is InChI=1S/C13H15FN2O2/c14-10-4-6-11(7-5-10)15-13(18)12-3-1-2-8-16(12)9-17/h4-7,9,12H,1-3,8H2,(H,15,18)/t12-/m0/s1. The van der Waals surface area contributed by atoms with Gasteiger partial charge in [0, 0.05) is 12.2 Å². The zero-order valence-corrected chi connectivity index (χ0v) is 9.93. The van der Waals surface area contributed by atoms with Crippen LogP contribution in [0.5, 0.6) is 0 Å². The Balaban J connectivity index is 2.02. The average molecular weight is 250 g/mol. The number of nitrogens with one attached hydrogen (secondary N) is 1. The first-order chi connectivity index (χ1) is 8.70. The second-order valence-electron chi connectivity index (χ2n) is 4.35. The molecule has 1 aromatic carbocycles. The average Bonchev–Trinajstić information content (AvgIpc) is 2.41. The number of halogens is 1. The molecule has 1 fully saturated rings. The number of hydrogen-bond acceptors (Lipinski definition) is 2. The van der Waals surface area contributed by atoms with Crippen molar-refractivity contribution in [2.24, 2.45) is 0 Å². The maximum absolute atomic E-state index is 12.7. The molecule has 96 valence electrons. The van der Waals surface area contributed by atoms with Crippen molar-refractivity contribution in [3.63, 3.8) is 0 Å². The van der Waals surface area contributed by atoms with Crippen LogP contribution < -0.4 is 5.32 Å². The summed E-state index contributed by atoms with van der Waals surface area (Å²) in [4.78, 5) is 24.4. The summed E-state index contributed by atoms with van der Waals surface area (Å²) >= 11 is 0. The maximum Gasteiger partial charge on any atom is 0.247 e. The first-order valence-corrected chi connectivity index (χ1v) is 5.98. The summed E-state index contributed by atoms with van der Waals surface area (Å²) in [5.74, 6) is -0.561. The van der Waals surface area contributed by atoms with Crippen LogP contribution in [0.15, 0.2) is 24.3 Å². The number of hydrogen-bond donors (Lipinski definition) is 1. The van der Waals surface area contributed by atoms with E-state index >= 15 is 0 Å². The summed E-state index contributed by atoms with van der Waals surface area (Å²) in [6.07, 6.45) is 3.25. The van der Waals surface area contributed by atoms with Crippen LogP contribution in [0.1, 0.15) is 19.3 Å². The van der Waals surface area contributed by atoms with Crippen molar-refractivity contribution in [2.75, 3.05) is 11.9 Å². The van der Waals surface area contributed by atoms with Crippen molar-refractivity contribution < 1.29 is 14.0 Å². The summed E-state index contributed by atoms with van der Waals surface area (Å²) in [5, 5.41) is 2.70. The number of carbonyl (C=O) groups excluding carboxylic acids is 2. The van der Waals surface area contributed by atoms with Crippen LogP contribution in [-0.4, -0.2) is 29.8 Å². The molecule has 1 aliphatic heterocycles. The quantitative estimate of drug-likeness (QED) is 0.831. The fraction of sp³-hybridized carbons (Fsp3) is 0.385. The maximum atomic E-state index is 12.7. The van der Waals surface area contributed by atoms with E-state index in [0.717, 1.165) is 12.8 Å². The number of carbonyl (C=O) groups is 2. The van der Waals surface area contributed by atoms with Crippen LogP contribution in [0, 0.1) is 5.82 Å². The molecule has 2 amide bonds. The second kappa shape index (κ2) is 5.62. The van der Waals surface area contributed by atoms with E-state index in [1.165, 1.54) is 29.2 Å². The highest BCUT2D eigenvalue weighted by Gasteiger charge is 2.27. The highest BCUT2D eigenvalue weighted by atomic mass is 19.1. The third-order valence-corrected chi connectivity index (χ3v) is 3.09. The molecular weight excluding hydrogens is 235 g/mol. The van der Waals surface area contributed by atoms with Crippen LogP contribution in [-0.2, 0) is 9.59 Å². The van der Waals surface area contributed by atoms with Crippen molar-refractivity contribution in [1.29, 1.82) is 0 Å². The zero-order chi connectivity index (χ0) is 13.0. The van der Waals surface area contributed by atoms with E-state index in [1.807, 2.05) is 0 Å². The van der Waals surface area contributed by atoms with E-state index in [4.69, 9.17) is 0 Å². The Kier molecular flexibility index (Phi) is 3.92. The number of piperidine rings is 1. The summed E-state index contributed by atoms with van der Waals surface area (Å²) in [7, 11) is 0. The van der Waals surface area contributed by atoms with Gasteiger partial charge in [-0.25, -0.2) is 4.39 Å². The van der Waals surface area contributed by atoms with Crippen LogP contribution >= 0.6 is 0 Å². The van der Waals surface area contributed by atoms with Gasteiger partial charge in [0.1, 0.15) is 11.9 Å². The highest BCUT2D eigenvalue weighted by molar-refractivity contribution is 5.95. The number of anilines is 1. The minimum Gasteiger partial charge on any atom is -0.333 e. The van der Waals surface area contributed by atoms with Gasteiger partial charge in [-0.15, -0.1) is 0 Å². The van der Waals surface area contributed by atoms with E-state index in [1.54, 1.807) is 0 Å². The number of likely N-dealkylation sites (tertiary alicyclic amines) is 1. The van der Waals surface area contributed by atoms with Crippen molar-refractivity contribution in [2.45, 2.75) is 25.3 Å². The van der Waals surface area contributed by atoms with E-state index in [0.29, 0.717) is 25.1 Å². The van der Waals surface area contributed by atoms with Gasteiger partial charge in [0.25, 0.3) is 0 Å². The Morgan fingerprint density at radius 3 is 2.72 bits per heavy atom. The van der Waals surface area contributed by atoms with E-state index in [9.17, 15) is 14.0 Å². The largest absolute Gasteiger partial charge is 0.333 e. The molecule has 1 heterocycles. The van der Waals surface area contributed by atoms with Gasteiger partial charge in [-0.3, -0.25) is 9.59 Å². The van der Waals surface area contributed by atoms with Crippen molar-refractivity contribution in [1.82, 2.24) is 4.90 Å². The molecule has 0 aliphatic carbocycles. The number of amides is 2. The molecule has 0 saturated carbocycles. The van der Waals surface area contributed by atoms with Crippen molar-refractivity contribution >= 4 is 18.0 Å². The van der Waals surface area contributed by atoms with Gasteiger partial charge in [0.2, 0.25) is 12.3 Å². The first kappa shape index (κ1) is 12.5. The molecule has 1 aromatic rings. The normalized spacial score (nSPS) is 19.4. The van der Waals surface area contributed by atoms with Crippen LogP contribution in [0.4, 0.5) is 10.1 Å². The van der Waals surface area contributed by atoms with E-state index in [2.05, 4.69) is 5.32 Å². The molecule has 5 heteroatoms. The van der Waals surface area contributed by atoms with Gasteiger partial charge in [-0.1, -0.05) is 0 Å². The molecule has 2 rings (SSSR count). The molecule has 18 heavy (non-hydrogen) atoms. The molecular formula is C13H15FN2O2. The van der Waals surface area contributed by atoms with E-state index in [-0.39, 0.29) is 11.7 Å². The molecule has 0 aromatic heterocycles. The van der Waals surface area contributed by atoms with Crippen LogP contribution in [0.3, 0.4) is 0 Å². The molecule has 0 bridgehead atoms. The Bertz CT molecular complexity index is 433. The van der Waals surface area contributed by atoms with Gasteiger partial charge in [-0.2, -0.15) is 0 Å². The minimum atomic E-state index is -0.415. The predicted octanol–water partition coefficient (Wildman–Crippen LogP) is 1.78. The van der Waals surface area contributed by atoms with Crippen LogP contribution in [0.25, 0.3) is 0 Å². The molecule has 0 radical (unpaired) electrons. The molecule has 0 unspecified atom stereocenters. The van der Waals surface area contributed by atoms with Gasteiger partial charge < -0.3 is 10.2 Å². The predicted molar refractivity (Wildman–Crippen MR) is 65.4 cm³/mol. The Morgan fingerprint density at radius 2 is 2.06 bits per heavy atom. The lowest BCUT2D eigenvalue weighted by atomic mass is 10.0. The van der Waals surface area contributed by atoms with Gasteiger partial charge >= 0.3 is 0 Å². The topological polar surface area (TPSA) is 49.4 Å². The third kappa shape index (κ3) is 2.85. The lowest BCUT2D eigenvalue weighted by Gasteiger charge is -2.31. The lowest BCUT2D eigenvalue weighted by molar-refractivity contribution is -0.131. The molecule has 4 nitrogen and oxygen atoms in total. The Labute approximate surface area is 105 Å². The Hall–Kier alpha value is -1.91. The summed E-state index contributed by atoms with van der Waals surface area (Å²) in [6, 6.07) is 5.16. The second-order valence-corrected chi connectivity index (χ2v) is 4.35.